The zero-order valence-corrected chi connectivity index (χ0v) is 14.0. The van der Waals surface area contributed by atoms with Crippen LogP contribution in [0.5, 0.6) is 5.75 Å². The molecule has 0 radical (unpaired) electrons. The Balaban J connectivity index is 1.85. The van der Waals surface area contributed by atoms with Crippen LogP contribution in [0.3, 0.4) is 0 Å². The van der Waals surface area contributed by atoms with E-state index in [-0.39, 0.29) is 11.9 Å². The minimum Gasteiger partial charge on any atom is -0.480 e. The molecule has 23 heavy (non-hydrogen) atoms. The molecule has 1 aliphatic rings. The minimum absolute atomic E-state index is 0.0493. The number of benzene rings is 2. The molecule has 0 aromatic heterocycles. The van der Waals surface area contributed by atoms with E-state index in [1.165, 1.54) is 5.56 Å². The summed E-state index contributed by atoms with van der Waals surface area (Å²) in [5.41, 5.74) is 3.31. The van der Waals surface area contributed by atoms with Crippen LogP contribution in [-0.4, -0.2) is 18.1 Å². The van der Waals surface area contributed by atoms with Gasteiger partial charge in [-0.05, 0) is 49.9 Å². The number of hydrogen-bond donors (Lipinski definition) is 0. The van der Waals surface area contributed by atoms with Crippen molar-refractivity contribution in [2.45, 2.75) is 45.8 Å². The molecular formula is C20H23NO2. The van der Waals surface area contributed by atoms with Crippen molar-refractivity contribution < 1.29 is 9.53 Å². The quantitative estimate of drug-likeness (QED) is 0.850. The van der Waals surface area contributed by atoms with Crippen LogP contribution in [0.2, 0.25) is 0 Å². The molecule has 0 aliphatic carbocycles. The summed E-state index contributed by atoms with van der Waals surface area (Å²) in [7, 11) is 0. The SMILES string of the molecule is CC[C@H](Oc1ccccc1C)C(=O)N1c2ccccc2C[C@H]1C. The Morgan fingerprint density at radius 1 is 1.22 bits per heavy atom. The van der Waals surface area contributed by atoms with Gasteiger partial charge in [-0.15, -0.1) is 0 Å². The molecule has 1 amide bonds. The highest BCUT2D eigenvalue weighted by molar-refractivity contribution is 5.99. The van der Waals surface area contributed by atoms with E-state index in [1.807, 2.05) is 61.2 Å². The van der Waals surface area contributed by atoms with Crippen molar-refractivity contribution in [2.24, 2.45) is 0 Å². The lowest BCUT2D eigenvalue weighted by Crippen LogP contribution is -2.44. The Kier molecular flexibility index (Phi) is 4.37. The fourth-order valence-electron chi connectivity index (χ4n) is 3.21. The van der Waals surface area contributed by atoms with Crippen molar-refractivity contribution in [1.29, 1.82) is 0 Å². The fraction of sp³-hybridized carbons (Fsp3) is 0.350. The summed E-state index contributed by atoms with van der Waals surface area (Å²) in [6, 6.07) is 16.2. The van der Waals surface area contributed by atoms with Crippen LogP contribution in [-0.2, 0) is 11.2 Å². The highest BCUT2D eigenvalue weighted by Crippen LogP contribution is 2.33. The lowest BCUT2D eigenvalue weighted by Gasteiger charge is -2.28. The third-order valence-electron chi connectivity index (χ3n) is 4.45. The molecule has 2 aromatic carbocycles. The van der Waals surface area contributed by atoms with Crippen LogP contribution in [0.1, 0.15) is 31.4 Å². The molecule has 3 rings (SSSR count). The average Bonchev–Trinajstić information content (AvgIpc) is 2.89. The van der Waals surface area contributed by atoms with Crippen molar-refractivity contribution in [1.82, 2.24) is 0 Å². The molecule has 0 unspecified atom stereocenters. The zero-order valence-electron chi connectivity index (χ0n) is 14.0. The summed E-state index contributed by atoms with van der Waals surface area (Å²) >= 11 is 0. The number of hydrogen-bond acceptors (Lipinski definition) is 2. The molecule has 120 valence electrons. The van der Waals surface area contributed by atoms with E-state index in [0.29, 0.717) is 6.42 Å². The topological polar surface area (TPSA) is 29.5 Å². The molecule has 2 atom stereocenters. The largest absolute Gasteiger partial charge is 0.480 e. The first-order valence-corrected chi connectivity index (χ1v) is 8.25. The van der Waals surface area contributed by atoms with E-state index in [2.05, 4.69) is 13.0 Å². The standard InChI is InChI=1S/C20H23NO2/c1-4-18(23-19-12-8-5-9-14(19)2)20(22)21-15(3)13-16-10-6-7-11-17(16)21/h5-12,15,18H,4,13H2,1-3H3/t15-,18+/m1/s1. The third-order valence-corrected chi connectivity index (χ3v) is 4.45. The van der Waals surface area contributed by atoms with Gasteiger partial charge in [0, 0.05) is 11.7 Å². The lowest BCUT2D eigenvalue weighted by atomic mass is 10.1. The highest BCUT2D eigenvalue weighted by atomic mass is 16.5. The van der Waals surface area contributed by atoms with Gasteiger partial charge < -0.3 is 9.64 Å². The van der Waals surface area contributed by atoms with E-state index in [9.17, 15) is 4.79 Å². The van der Waals surface area contributed by atoms with E-state index >= 15 is 0 Å². The molecule has 3 heteroatoms. The van der Waals surface area contributed by atoms with Gasteiger partial charge in [0.05, 0.1) is 0 Å². The van der Waals surface area contributed by atoms with Gasteiger partial charge in [-0.2, -0.15) is 0 Å². The average molecular weight is 309 g/mol. The maximum Gasteiger partial charge on any atom is 0.268 e. The Labute approximate surface area is 137 Å². The summed E-state index contributed by atoms with van der Waals surface area (Å²) in [5, 5.41) is 0. The first-order valence-electron chi connectivity index (χ1n) is 8.25. The van der Waals surface area contributed by atoms with Crippen molar-refractivity contribution in [2.75, 3.05) is 4.90 Å². The predicted molar refractivity (Wildman–Crippen MR) is 93.0 cm³/mol. The molecule has 0 fully saturated rings. The van der Waals surface area contributed by atoms with Gasteiger partial charge >= 0.3 is 0 Å². The molecule has 0 saturated heterocycles. The van der Waals surface area contributed by atoms with Crippen LogP contribution < -0.4 is 9.64 Å². The maximum atomic E-state index is 13.1. The van der Waals surface area contributed by atoms with E-state index in [0.717, 1.165) is 23.4 Å². The monoisotopic (exact) mass is 309 g/mol. The van der Waals surface area contributed by atoms with E-state index < -0.39 is 6.10 Å². The number of para-hydroxylation sites is 2. The van der Waals surface area contributed by atoms with Gasteiger partial charge in [0.25, 0.3) is 5.91 Å². The van der Waals surface area contributed by atoms with Crippen molar-refractivity contribution in [3.8, 4) is 5.75 Å². The van der Waals surface area contributed by atoms with Gasteiger partial charge in [-0.25, -0.2) is 0 Å². The molecule has 0 spiro atoms. The van der Waals surface area contributed by atoms with Gasteiger partial charge in [-0.3, -0.25) is 4.79 Å². The number of ether oxygens (including phenoxy) is 1. The summed E-state index contributed by atoms with van der Waals surface area (Å²) in [6.45, 7) is 6.09. The maximum absolute atomic E-state index is 13.1. The second-order valence-corrected chi connectivity index (χ2v) is 6.17. The second-order valence-electron chi connectivity index (χ2n) is 6.17. The number of carbonyl (C=O) groups is 1. The summed E-state index contributed by atoms with van der Waals surface area (Å²) in [4.78, 5) is 15.0. The van der Waals surface area contributed by atoms with E-state index in [4.69, 9.17) is 4.74 Å². The van der Waals surface area contributed by atoms with Gasteiger partial charge in [0.15, 0.2) is 6.10 Å². The number of carbonyl (C=O) groups excluding carboxylic acids is 1. The van der Waals surface area contributed by atoms with Gasteiger partial charge in [0.2, 0.25) is 0 Å². The molecule has 1 aliphatic heterocycles. The molecule has 3 nitrogen and oxygen atoms in total. The third kappa shape index (κ3) is 2.96. The first kappa shape index (κ1) is 15.6. The minimum atomic E-state index is -0.454. The zero-order chi connectivity index (χ0) is 16.4. The number of amides is 1. The lowest BCUT2D eigenvalue weighted by molar-refractivity contribution is -0.125. The second kappa shape index (κ2) is 6.45. The van der Waals surface area contributed by atoms with Gasteiger partial charge in [0.1, 0.15) is 5.75 Å². The molecule has 0 saturated carbocycles. The summed E-state index contributed by atoms with van der Waals surface area (Å²) in [5.74, 6) is 0.834. The number of rotatable bonds is 4. The number of aryl methyl sites for hydroxylation is 1. The number of nitrogens with zero attached hydrogens (tertiary/aromatic N) is 1. The summed E-state index contributed by atoms with van der Waals surface area (Å²) < 4.78 is 6.04. The van der Waals surface area contributed by atoms with Crippen LogP contribution in [0.4, 0.5) is 5.69 Å². The Morgan fingerprint density at radius 3 is 2.65 bits per heavy atom. The van der Waals surface area contributed by atoms with Gasteiger partial charge in [-0.1, -0.05) is 43.3 Å². The molecule has 0 bridgehead atoms. The first-order chi connectivity index (χ1) is 11.1. The van der Waals surface area contributed by atoms with Crippen molar-refractivity contribution >= 4 is 11.6 Å². The van der Waals surface area contributed by atoms with Crippen LogP contribution >= 0.6 is 0 Å². The van der Waals surface area contributed by atoms with Crippen molar-refractivity contribution in [3.05, 3.63) is 59.7 Å². The molecule has 1 heterocycles. The number of anilines is 1. The fourth-order valence-corrected chi connectivity index (χ4v) is 3.21. The van der Waals surface area contributed by atoms with Crippen LogP contribution in [0, 0.1) is 6.92 Å². The predicted octanol–water partition coefficient (Wildman–Crippen LogP) is 4.13. The Hall–Kier alpha value is -2.29. The van der Waals surface area contributed by atoms with Crippen LogP contribution in [0.15, 0.2) is 48.5 Å². The Bertz CT molecular complexity index is 710. The van der Waals surface area contributed by atoms with E-state index in [1.54, 1.807) is 0 Å². The molecule has 2 aromatic rings. The smallest absolute Gasteiger partial charge is 0.268 e. The molecule has 0 N–H and O–H groups in total. The summed E-state index contributed by atoms with van der Waals surface area (Å²) in [6.07, 6.45) is 1.10. The molecular weight excluding hydrogens is 286 g/mol. The van der Waals surface area contributed by atoms with Crippen molar-refractivity contribution in [3.63, 3.8) is 0 Å². The highest BCUT2D eigenvalue weighted by Gasteiger charge is 2.35. The number of fused-ring (bicyclic) bond motifs is 1. The Morgan fingerprint density at radius 2 is 1.91 bits per heavy atom. The van der Waals surface area contributed by atoms with Crippen LogP contribution in [0.25, 0.3) is 0 Å². The normalized spacial score (nSPS) is 17.7.